The predicted molar refractivity (Wildman–Crippen MR) is 54.6 cm³/mol. The summed E-state index contributed by atoms with van der Waals surface area (Å²) in [7, 11) is 1.57. The lowest BCUT2D eigenvalue weighted by Gasteiger charge is -2.25. The highest BCUT2D eigenvalue weighted by molar-refractivity contribution is 5.75. The second-order valence-corrected chi connectivity index (χ2v) is 3.23. The maximum Gasteiger partial charge on any atom is 0.317 e. The zero-order chi connectivity index (χ0) is 11.8. The molecule has 0 rings (SSSR count). The van der Waals surface area contributed by atoms with Crippen LogP contribution in [0.5, 0.6) is 0 Å². The van der Waals surface area contributed by atoms with Crippen molar-refractivity contribution in [3.8, 4) is 0 Å². The highest BCUT2D eigenvalue weighted by atomic mass is 16.4. The zero-order valence-electron chi connectivity index (χ0n) is 9.06. The fourth-order valence-electron chi connectivity index (χ4n) is 1.09. The number of hydrogen-bond acceptors (Lipinski definition) is 3. The Hall–Kier alpha value is -1.30. The normalized spacial score (nSPS) is 11.9. The Labute approximate surface area is 88.9 Å². The molecule has 0 bridgehead atoms. The zero-order valence-corrected chi connectivity index (χ0v) is 9.06. The minimum absolute atomic E-state index is 0.0976. The minimum atomic E-state index is -0.952. The molecule has 1 atom stereocenters. The SMILES string of the molecule is CCC(CO)N(C)C(=O)NCCC(=O)O. The molecule has 0 radical (unpaired) electrons. The fourth-order valence-corrected chi connectivity index (χ4v) is 1.09. The van der Waals surface area contributed by atoms with Gasteiger partial charge in [-0.1, -0.05) is 6.92 Å². The average molecular weight is 218 g/mol. The summed E-state index contributed by atoms with van der Waals surface area (Å²) in [6.07, 6.45) is 0.550. The van der Waals surface area contributed by atoms with Crippen molar-refractivity contribution in [2.75, 3.05) is 20.2 Å². The van der Waals surface area contributed by atoms with E-state index in [-0.39, 0.29) is 31.6 Å². The highest BCUT2D eigenvalue weighted by Crippen LogP contribution is 2.00. The van der Waals surface area contributed by atoms with Crippen LogP contribution in [0.15, 0.2) is 0 Å². The molecular weight excluding hydrogens is 200 g/mol. The van der Waals surface area contributed by atoms with Crippen LogP contribution in [0.3, 0.4) is 0 Å². The number of carboxylic acids is 1. The Bertz CT molecular complexity index is 216. The molecule has 0 fully saturated rings. The van der Waals surface area contributed by atoms with Gasteiger partial charge in [0.15, 0.2) is 0 Å². The standard InChI is InChI=1S/C9H18N2O4/c1-3-7(6-12)11(2)9(15)10-5-4-8(13)14/h7,12H,3-6H2,1-2H3,(H,10,15)(H,13,14). The second-order valence-electron chi connectivity index (χ2n) is 3.23. The van der Waals surface area contributed by atoms with E-state index >= 15 is 0 Å². The molecule has 0 aliphatic carbocycles. The van der Waals surface area contributed by atoms with Gasteiger partial charge in [-0.25, -0.2) is 4.79 Å². The lowest BCUT2D eigenvalue weighted by atomic mass is 10.2. The predicted octanol–water partition coefficient (Wildman–Crippen LogP) is -0.127. The molecule has 0 saturated heterocycles. The van der Waals surface area contributed by atoms with Gasteiger partial charge in [-0.2, -0.15) is 0 Å². The Morgan fingerprint density at radius 1 is 1.47 bits per heavy atom. The molecule has 0 aromatic heterocycles. The van der Waals surface area contributed by atoms with Gasteiger partial charge in [-0.3, -0.25) is 4.79 Å². The van der Waals surface area contributed by atoms with Crippen LogP contribution < -0.4 is 5.32 Å². The molecule has 88 valence electrons. The van der Waals surface area contributed by atoms with E-state index in [0.29, 0.717) is 6.42 Å². The van der Waals surface area contributed by atoms with E-state index in [0.717, 1.165) is 0 Å². The van der Waals surface area contributed by atoms with E-state index in [1.165, 1.54) is 4.90 Å². The van der Waals surface area contributed by atoms with Gasteiger partial charge in [-0.05, 0) is 6.42 Å². The van der Waals surface area contributed by atoms with E-state index in [1.807, 2.05) is 6.92 Å². The fraction of sp³-hybridized carbons (Fsp3) is 0.778. The third-order valence-electron chi connectivity index (χ3n) is 2.17. The summed E-state index contributed by atoms with van der Waals surface area (Å²) in [5.74, 6) is -0.952. The number of urea groups is 1. The number of nitrogens with zero attached hydrogens (tertiary/aromatic N) is 1. The number of carboxylic acid groups (broad SMARTS) is 1. The Morgan fingerprint density at radius 2 is 2.07 bits per heavy atom. The van der Waals surface area contributed by atoms with Gasteiger partial charge in [0, 0.05) is 13.6 Å². The number of carbonyl (C=O) groups is 2. The number of carbonyl (C=O) groups excluding carboxylic acids is 1. The summed E-state index contributed by atoms with van der Waals surface area (Å²) >= 11 is 0. The maximum atomic E-state index is 11.4. The molecule has 0 spiro atoms. The van der Waals surface area contributed by atoms with Crippen LogP contribution >= 0.6 is 0 Å². The number of nitrogens with one attached hydrogen (secondary N) is 1. The number of likely N-dealkylation sites (N-methyl/N-ethyl adjacent to an activating group) is 1. The monoisotopic (exact) mass is 218 g/mol. The molecule has 0 aromatic rings. The number of aliphatic hydroxyl groups excluding tert-OH is 1. The van der Waals surface area contributed by atoms with Gasteiger partial charge in [0.25, 0.3) is 0 Å². The van der Waals surface area contributed by atoms with E-state index < -0.39 is 5.97 Å². The third kappa shape index (κ3) is 5.21. The number of aliphatic hydroxyl groups is 1. The lowest BCUT2D eigenvalue weighted by Crippen LogP contribution is -2.45. The summed E-state index contributed by atoms with van der Waals surface area (Å²) in [4.78, 5) is 23.0. The summed E-state index contributed by atoms with van der Waals surface area (Å²) < 4.78 is 0. The van der Waals surface area contributed by atoms with Crippen molar-refractivity contribution in [3.05, 3.63) is 0 Å². The van der Waals surface area contributed by atoms with Crippen LogP contribution in [0.1, 0.15) is 19.8 Å². The smallest absolute Gasteiger partial charge is 0.317 e. The molecule has 3 N–H and O–H groups in total. The molecule has 6 nitrogen and oxygen atoms in total. The van der Waals surface area contributed by atoms with Crippen molar-refractivity contribution in [2.45, 2.75) is 25.8 Å². The molecule has 0 heterocycles. The van der Waals surface area contributed by atoms with E-state index in [2.05, 4.69) is 5.32 Å². The van der Waals surface area contributed by atoms with Crippen LogP contribution in [0.2, 0.25) is 0 Å². The third-order valence-corrected chi connectivity index (χ3v) is 2.17. The van der Waals surface area contributed by atoms with Gasteiger partial charge in [0.2, 0.25) is 0 Å². The number of aliphatic carboxylic acids is 1. The van der Waals surface area contributed by atoms with Crippen molar-refractivity contribution in [2.24, 2.45) is 0 Å². The van der Waals surface area contributed by atoms with E-state index in [9.17, 15) is 9.59 Å². The van der Waals surface area contributed by atoms with Crippen LogP contribution in [0, 0.1) is 0 Å². The molecule has 0 saturated carbocycles. The Balaban J connectivity index is 3.92. The first-order valence-corrected chi connectivity index (χ1v) is 4.86. The largest absolute Gasteiger partial charge is 0.481 e. The second kappa shape index (κ2) is 7.05. The van der Waals surface area contributed by atoms with Crippen LogP contribution in [-0.4, -0.2) is 53.4 Å². The Morgan fingerprint density at radius 3 is 2.47 bits per heavy atom. The molecule has 6 heteroatoms. The van der Waals surface area contributed by atoms with Crippen molar-refractivity contribution < 1.29 is 19.8 Å². The average Bonchev–Trinajstić information content (AvgIpc) is 2.18. The summed E-state index contributed by atoms with van der Waals surface area (Å²) in [5.41, 5.74) is 0. The summed E-state index contributed by atoms with van der Waals surface area (Å²) in [6, 6.07) is -0.591. The Kier molecular flexibility index (Phi) is 6.44. The van der Waals surface area contributed by atoms with E-state index in [4.69, 9.17) is 10.2 Å². The first-order chi connectivity index (χ1) is 7.02. The van der Waals surface area contributed by atoms with Crippen molar-refractivity contribution in [1.29, 1.82) is 0 Å². The molecule has 1 unspecified atom stereocenters. The van der Waals surface area contributed by atoms with Gasteiger partial charge in [0.05, 0.1) is 19.1 Å². The number of rotatable bonds is 6. The topological polar surface area (TPSA) is 89.9 Å². The van der Waals surface area contributed by atoms with Crippen LogP contribution in [0.4, 0.5) is 4.79 Å². The highest BCUT2D eigenvalue weighted by Gasteiger charge is 2.16. The van der Waals surface area contributed by atoms with Crippen molar-refractivity contribution in [3.63, 3.8) is 0 Å². The van der Waals surface area contributed by atoms with Crippen LogP contribution in [-0.2, 0) is 4.79 Å². The van der Waals surface area contributed by atoms with Crippen molar-refractivity contribution >= 4 is 12.0 Å². The first-order valence-electron chi connectivity index (χ1n) is 4.86. The quantitative estimate of drug-likeness (QED) is 0.579. The molecule has 0 aliphatic rings. The number of amides is 2. The molecule has 15 heavy (non-hydrogen) atoms. The van der Waals surface area contributed by atoms with Crippen molar-refractivity contribution in [1.82, 2.24) is 10.2 Å². The molecule has 0 aliphatic heterocycles. The molecule has 2 amide bonds. The van der Waals surface area contributed by atoms with Gasteiger partial charge >= 0.3 is 12.0 Å². The minimum Gasteiger partial charge on any atom is -0.481 e. The van der Waals surface area contributed by atoms with Gasteiger partial charge in [0.1, 0.15) is 0 Å². The van der Waals surface area contributed by atoms with E-state index in [1.54, 1.807) is 7.05 Å². The summed E-state index contributed by atoms with van der Waals surface area (Å²) in [6.45, 7) is 1.86. The van der Waals surface area contributed by atoms with Gasteiger partial charge < -0.3 is 20.4 Å². The molecule has 0 aromatic carbocycles. The summed E-state index contributed by atoms with van der Waals surface area (Å²) in [5, 5.41) is 19.8. The number of hydrogen-bond donors (Lipinski definition) is 3. The first kappa shape index (κ1) is 13.7. The maximum absolute atomic E-state index is 11.4. The molecular formula is C9H18N2O4. The van der Waals surface area contributed by atoms with Gasteiger partial charge in [-0.15, -0.1) is 0 Å². The van der Waals surface area contributed by atoms with Crippen LogP contribution in [0.25, 0.3) is 0 Å². The lowest BCUT2D eigenvalue weighted by molar-refractivity contribution is -0.136.